The Labute approximate surface area is 158 Å². The summed E-state index contributed by atoms with van der Waals surface area (Å²) >= 11 is 0. The summed E-state index contributed by atoms with van der Waals surface area (Å²) in [6.07, 6.45) is 3.65. The second kappa shape index (κ2) is 9.09. The third kappa shape index (κ3) is 5.24. The van der Waals surface area contributed by atoms with Gasteiger partial charge in [-0.2, -0.15) is 0 Å². The van der Waals surface area contributed by atoms with Crippen LogP contribution in [-0.4, -0.2) is 48.3 Å². The molecule has 6 nitrogen and oxygen atoms in total. The van der Waals surface area contributed by atoms with Gasteiger partial charge in [-0.05, 0) is 18.2 Å². The second-order valence-corrected chi connectivity index (χ2v) is 6.56. The van der Waals surface area contributed by atoms with Gasteiger partial charge >= 0.3 is 0 Å². The van der Waals surface area contributed by atoms with Crippen molar-refractivity contribution in [2.24, 2.45) is 0 Å². The highest BCUT2D eigenvalue weighted by atomic mass is 16.6. The van der Waals surface area contributed by atoms with Crippen LogP contribution in [0.2, 0.25) is 0 Å². The molecule has 0 amide bonds. The molecular weight excluding hydrogens is 342 g/mol. The number of benzene rings is 2. The van der Waals surface area contributed by atoms with Gasteiger partial charge in [0.2, 0.25) is 0 Å². The fraction of sp³-hybridized carbons (Fsp3) is 0.286. The quantitative estimate of drug-likeness (QED) is 0.556. The maximum absolute atomic E-state index is 12.2. The molecule has 0 saturated carbocycles. The van der Waals surface area contributed by atoms with E-state index in [0.29, 0.717) is 12.1 Å². The Morgan fingerprint density at radius 2 is 1.67 bits per heavy atom. The lowest BCUT2D eigenvalue weighted by molar-refractivity contribution is -0.385. The van der Waals surface area contributed by atoms with Gasteiger partial charge in [0.1, 0.15) is 0 Å². The number of ketones is 1. The molecule has 0 spiro atoms. The molecule has 2 aromatic carbocycles. The molecule has 0 atom stereocenters. The smallest absolute Gasteiger partial charge is 0.276 e. The van der Waals surface area contributed by atoms with E-state index in [1.807, 2.05) is 18.2 Å². The van der Waals surface area contributed by atoms with Crippen LogP contribution in [0.15, 0.2) is 60.7 Å². The van der Waals surface area contributed by atoms with E-state index in [0.717, 1.165) is 26.2 Å². The van der Waals surface area contributed by atoms with Crippen LogP contribution >= 0.6 is 0 Å². The molecule has 0 unspecified atom stereocenters. The van der Waals surface area contributed by atoms with E-state index in [9.17, 15) is 14.9 Å². The Morgan fingerprint density at radius 3 is 2.37 bits per heavy atom. The first-order valence-electron chi connectivity index (χ1n) is 9.07. The Hall–Kier alpha value is -2.99. The summed E-state index contributed by atoms with van der Waals surface area (Å²) in [6.45, 7) is 3.94. The molecule has 1 fully saturated rings. The van der Waals surface area contributed by atoms with Crippen molar-refractivity contribution in [3.63, 3.8) is 0 Å². The van der Waals surface area contributed by atoms with E-state index in [1.54, 1.807) is 30.4 Å². The van der Waals surface area contributed by atoms with Crippen LogP contribution in [0.25, 0.3) is 6.08 Å². The summed E-state index contributed by atoms with van der Waals surface area (Å²) in [6, 6.07) is 16.8. The molecule has 1 heterocycles. The Balaban J connectivity index is 1.46. The first-order valence-corrected chi connectivity index (χ1v) is 9.07. The summed E-state index contributed by atoms with van der Waals surface area (Å²) in [7, 11) is 0. The molecule has 0 aromatic heterocycles. The standard InChI is InChI=1S/C21H23N3O3/c25-20(11-6-8-18-7-4-5-12-21(18)24(26)27)17-22-13-15-23(16-14-22)19-9-2-1-3-10-19/h1-10,12H,11,13-17H2. The van der Waals surface area contributed by atoms with E-state index in [1.165, 1.54) is 11.8 Å². The molecule has 140 valence electrons. The average molecular weight is 365 g/mol. The first kappa shape index (κ1) is 18.8. The monoisotopic (exact) mass is 365 g/mol. The van der Waals surface area contributed by atoms with E-state index in [2.05, 4.69) is 21.9 Å². The van der Waals surface area contributed by atoms with Crippen molar-refractivity contribution in [1.82, 2.24) is 4.90 Å². The van der Waals surface area contributed by atoms with Crippen LogP contribution in [0, 0.1) is 10.1 Å². The number of nitro benzene ring substituents is 1. The SMILES string of the molecule is O=C(CC=Cc1ccccc1[N+](=O)[O-])CN1CCN(c2ccccc2)CC1. The number of hydrogen-bond donors (Lipinski definition) is 0. The van der Waals surface area contributed by atoms with Gasteiger partial charge in [-0.3, -0.25) is 19.8 Å². The molecule has 0 N–H and O–H groups in total. The minimum absolute atomic E-state index is 0.0539. The molecule has 3 rings (SSSR count). The lowest BCUT2D eigenvalue weighted by Gasteiger charge is -2.35. The van der Waals surface area contributed by atoms with Crippen molar-refractivity contribution in [3.8, 4) is 0 Å². The molecule has 2 aromatic rings. The van der Waals surface area contributed by atoms with Gasteiger partial charge in [0.25, 0.3) is 5.69 Å². The lowest BCUT2D eigenvalue weighted by atomic mass is 10.1. The van der Waals surface area contributed by atoms with Gasteiger partial charge in [0.15, 0.2) is 5.78 Å². The van der Waals surface area contributed by atoms with Crippen LogP contribution in [0.4, 0.5) is 11.4 Å². The predicted octanol–water partition coefficient (Wildman–Crippen LogP) is 3.39. The molecule has 0 aliphatic carbocycles. The van der Waals surface area contributed by atoms with Crippen molar-refractivity contribution in [1.29, 1.82) is 0 Å². The summed E-state index contributed by atoms with van der Waals surface area (Å²) in [5, 5.41) is 11.0. The molecular formula is C21H23N3O3. The van der Waals surface area contributed by atoms with E-state index < -0.39 is 4.92 Å². The molecule has 6 heteroatoms. The zero-order valence-corrected chi connectivity index (χ0v) is 15.2. The number of rotatable bonds is 7. The van der Waals surface area contributed by atoms with Crippen molar-refractivity contribution in [2.45, 2.75) is 6.42 Å². The highest BCUT2D eigenvalue weighted by Crippen LogP contribution is 2.19. The number of Topliss-reactive ketones (excluding diaryl/α,β-unsaturated/α-hetero) is 1. The molecule has 1 aliphatic rings. The van der Waals surface area contributed by atoms with Crippen LogP contribution in [-0.2, 0) is 4.79 Å². The zero-order valence-electron chi connectivity index (χ0n) is 15.2. The fourth-order valence-electron chi connectivity index (χ4n) is 3.23. The minimum atomic E-state index is -0.409. The molecule has 0 radical (unpaired) electrons. The van der Waals surface area contributed by atoms with Gasteiger partial charge in [0.05, 0.1) is 17.0 Å². The maximum Gasteiger partial charge on any atom is 0.276 e. The van der Waals surface area contributed by atoms with E-state index >= 15 is 0 Å². The van der Waals surface area contributed by atoms with Crippen molar-refractivity contribution in [2.75, 3.05) is 37.6 Å². The third-order valence-electron chi connectivity index (χ3n) is 4.67. The van der Waals surface area contributed by atoms with Crippen LogP contribution in [0.5, 0.6) is 0 Å². The van der Waals surface area contributed by atoms with Crippen LogP contribution < -0.4 is 4.90 Å². The second-order valence-electron chi connectivity index (χ2n) is 6.56. The third-order valence-corrected chi connectivity index (χ3v) is 4.67. The van der Waals surface area contributed by atoms with Crippen molar-refractivity contribution >= 4 is 23.2 Å². The predicted molar refractivity (Wildman–Crippen MR) is 107 cm³/mol. The van der Waals surface area contributed by atoms with E-state index in [4.69, 9.17) is 0 Å². The van der Waals surface area contributed by atoms with Gasteiger partial charge < -0.3 is 4.90 Å². The number of nitro groups is 1. The number of piperazine rings is 1. The summed E-state index contributed by atoms with van der Waals surface area (Å²) in [4.78, 5) is 27.3. The average Bonchev–Trinajstić information content (AvgIpc) is 2.69. The molecule has 1 saturated heterocycles. The topological polar surface area (TPSA) is 66.7 Å². The number of allylic oxidation sites excluding steroid dienone is 1. The highest BCUT2D eigenvalue weighted by Gasteiger charge is 2.18. The largest absolute Gasteiger partial charge is 0.369 e. The summed E-state index contributed by atoms with van der Waals surface area (Å²) in [5.74, 6) is 0.123. The number of carbonyl (C=O) groups excluding carboxylic acids is 1. The molecule has 1 aliphatic heterocycles. The van der Waals surface area contributed by atoms with Gasteiger partial charge in [-0.1, -0.05) is 42.5 Å². The normalized spacial score (nSPS) is 15.2. The lowest BCUT2D eigenvalue weighted by Crippen LogP contribution is -2.47. The fourth-order valence-corrected chi connectivity index (χ4v) is 3.23. The maximum atomic E-state index is 12.2. The number of anilines is 1. The first-order chi connectivity index (χ1) is 13.1. The number of hydrogen-bond acceptors (Lipinski definition) is 5. The molecule has 0 bridgehead atoms. The number of carbonyl (C=O) groups is 1. The van der Waals surface area contributed by atoms with Gasteiger partial charge in [0, 0.05) is 44.4 Å². The Morgan fingerprint density at radius 1 is 1.00 bits per heavy atom. The Kier molecular flexibility index (Phi) is 6.33. The van der Waals surface area contributed by atoms with Crippen LogP contribution in [0.3, 0.4) is 0 Å². The van der Waals surface area contributed by atoms with E-state index in [-0.39, 0.29) is 17.9 Å². The number of nitrogens with zero attached hydrogens (tertiary/aromatic N) is 3. The zero-order chi connectivity index (χ0) is 19.1. The molecule has 27 heavy (non-hydrogen) atoms. The minimum Gasteiger partial charge on any atom is -0.369 e. The van der Waals surface area contributed by atoms with Crippen molar-refractivity contribution < 1.29 is 9.72 Å². The summed E-state index contributed by atoms with van der Waals surface area (Å²) in [5.41, 5.74) is 1.79. The Bertz CT molecular complexity index is 812. The summed E-state index contributed by atoms with van der Waals surface area (Å²) < 4.78 is 0. The number of para-hydroxylation sites is 2. The van der Waals surface area contributed by atoms with Gasteiger partial charge in [-0.15, -0.1) is 0 Å². The van der Waals surface area contributed by atoms with Crippen molar-refractivity contribution in [3.05, 3.63) is 76.4 Å². The highest BCUT2D eigenvalue weighted by molar-refractivity contribution is 5.83. The van der Waals surface area contributed by atoms with Gasteiger partial charge in [-0.25, -0.2) is 0 Å². The van der Waals surface area contributed by atoms with Crippen LogP contribution in [0.1, 0.15) is 12.0 Å².